The molecular formula is C21H34O2. The van der Waals surface area contributed by atoms with Gasteiger partial charge in [-0.25, -0.2) is 0 Å². The van der Waals surface area contributed by atoms with Gasteiger partial charge in [-0.1, -0.05) is 20.3 Å². The van der Waals surface area contributed by atoms with Gasteiger partial charge in [0.2, 0.25) is 0 Å². The Kier molecular flexibility index (Phi) is 3.63. The van der Waals surface area contributed by atoms with Crippen molar-refractivity contribution in [2.75, 3.05) is 0 Å². The summed E-state index contributed by atoms with van der Waals surface area (Å²) in [7, 11) is 0. The third kappa shape index (κ3) is 2.23. The molecule has 23 heavy (non-hydrogen) atoms. The van der Waals surface area contributed by atoms with Gasteiger partial charge in [0.05, 0.1) is 5.41 Å². The predicted molar refractivity (Wildman–Crippen MR) is 91.8 cm³/mol. The molecular weight excluding hydrogens is 284 g/mol. The maximum atomic E-state index is 12.8. The third-order valence-electron chi connectivity index (χ3n) is 8.47. The van der Waals surface area contributed by atoms with Crippen molar-refractivity contribution in [3.05, 3.63) is 0 Å². The Hall–Kier alpha value is -0.530. The van der Waals surface area contributed by atoms with Crippen LogP contribution in [0, 0.1) is 40.9 Å². The number of fused-ring (bicyclic) bond motifs is 8. The van der Waals surface area contributed by atoms with Gasteiger partial charge in [0, 0.05) is 5.92 Å². The molecule has 4 fully saturated rings. The molecule has 0 N–H and O–H groups in total. The van der Waals surface area contributed by atoms with Crippen molar-refractivity contribution in [3.8, 4) is 0 Å². The van der Waals surface area contributed by atoms with Gasteiger partial charge in [0.15, 0.2) is 0 Å². The number of esters is 1. The van der Waals surface area contributed by atoms with Crippen LogP contribution in [0.2, 0.25) is 0 Å². The Balaban J connectivity index is 1.58. The number of carbonyl (C=O) groups excluding carboxylic acids is 1. The Bertz CT molecular complexity index is 496. The standard InChI is InChI=1S/C21H34O2/c1-5-20(3,4)19(22)23-21(6-2)12-15-11-17(21)18-14-8-7-13(9-14)10-16(15)18/h13-18H,5-12H2,1-4H3. The highest BCUT2D eigenvalue weighted by atomic mass is 16.6. The molecule has 7 unspecified atom stereocenters. The molecule has 4 saturated carbocycles. The van der Waals surface area contributed by atoms with Crippen LogP contribution in [-0.2, 0) is 9.53 Å². The summed E-state index contributed by atoms with van der Waals surface area (Å²) in [5, 5.41) is 0. The minimum absolute atomic E-state index is 0.0473. The molecule has 4 bridgehead atoms. The van der Waals surface area contributed by atoms with Crippen molar-refractivity contribution < 1.29 is 9.53 Å². The van der Waals surface area contributed by atoms with E-state index < -0.39 is 0 Å². The quantitative estimate of drug-likeness (QED) is 0.665. The van der Waals surface area contributed by atoms with Crippen LogP contribution in [0.4, 0.5) is 0 Å². The summed E-state index contributed by atoms with van der Waals surface area (Å²) >= 11 is 0. The molecule has 130 valence electrons. The number of ether oxygens (including phenoxy) is 1. The molecule has 0 aromatic carbocycles. The van der Waals surface area contributed by atoms with Crippen molar-refractivity contribution in [2.45, 2.75) is 84.7 Å². The van der Waals surface area contributed by atoms with Crippen molar-refractivity contribution in [2.24, 2.45) is 40.9 Å². The highest BCUT2D eigenvalue weighted by molar-refractivity contribution is 5.76. The summed E-state index contributed by atoms with van der Waals surface area (Å²) in [6.07, 6.45) is 10.2. The fraction of sp³-hybridized carbons (Fsp3) is 0.952. The van der Waals surface area contributed by atoms with E-state index in [4.69, 9.17) is 4.74 Å². The van der Waals surface area contributed by atoms with Crippen molar-refractivity contribution in [3.63, 3.8) is 0 Å². The summed E-state index contributed by atoms with van der Waals surface area (Å²) in [6.45, 7) is 8.42. The van der Waals surface area contributed by atoms with Crippen LogP contribution in [0.15, 0.2) is 0 Å². The van der Waals surface area contributed by atoms with E-state index in [9.17, 15) is 4.79 Å². The number of hydrogen-bond donors (Lipinski definition) is 0. The topological polar surface area (TPSA) is 26.3 Å². The van der Waals surface area contributed by atoms with E-state index in [0.29, 0.717) is 5.92 Å². The molecule has 0 radical (unpaired) electrons. The van der Waals surface area contributed by atoms with Gasteiger partial charge in [-0.15, -0.1) is 0 Å². The smallest absolute Gasteiger partial charge is 0.312 e. The lowest BCUT2D eigenvalue weighted by molar-refractivity contribution is -0.184. The first-order chi connectivity index (χ1) is 10.9. The van der Waals surface area contributed by atoms with E-state index in [0.717, 1.165) is 48.9 Å². The zero-order valence-corrected chi connectivity index (χ0v) is 15.4. The molecule has 4 aliphatic carbocycles. The molecule has 0 amide bonds. The molecule has 0 aromatic rings. The number of hydrogen-bond acceptors (Lipinski definition) is 2. The lowest BCUT2D eigenvalue weighted by Gasteiger charge is -2.48. The molecule has 2 nitrogen and oxygen atoms in total. The normalized spacial score (nSPS) is 47.7. The van der Waals surface area contributed by atoms with Gasteiger partial charge >= 0.3 is 5.97 Å². The second-order valence-corrected chi connectivity index (χ2v) is 9.77. The average molecular weight is 319 g/mol. The first-order valence-electron chi connectivity index (χ1n) is 10.1. The van der Waals surface area contributed by atoms with Crippen LogP contribution in [0.5, 0.6) is 0 Å². The van der Waals surface area contributed by atoms with Crippen LogP contribution < -0.4 is 0 Å². The maximum absolute atomic E-state index is 12.8. The van der Waals surface area contributed by atoms with Gasteiger partial charge in [-0.3, -0.25) is 4.79 Å². The second kappa shape index (κ2) is 5.23. The minimum Gasteiger partial charge on any atom is -0.458 e. The molecule has 7 atom stereocenters. The van der Waals surface area contributed by atoms with Gasteiger partial charge in [0.25, 0.3) is 0 Å². The summed E-state index contributed by atoms with van der Waals surface area (Å²) in [5.41, 5.74) is -0.473. The van der Waals surface area contributed by atoms with E-state index in [1.807, 2.05) is 13.8 Å². The van der Waals surface area contributed by atoms with Crippen LogP contribution in [0.25, 0.3) is 0 Å². The largest absolute Gasteiger partial charge is 0.458 e. The Labute approximate surface area is 141 Å². The molecule has 4 rings (SSSR count). The fourth-order valence-corrected chi connectivity index (χ4v) is 6.82. The SMILES string of the molecule is CCC(C)(C)C(=O)OC1(CC)CC2CC1C1C3CCC(C3)CC21. The zero-order valence-electron chi connectivity index (χ0n) is 15.4. The zero-order chi connectivity index (χ0) is 16.4. The lowest BCUT2D eigenvalue weighted by atomic mass is 9.61. The summed E-state index contributed by atoms with van der Waals surface area (Å²) in [4.78, 5) is 12.8. The minimum atomic E-state index is -0.339. The van der Waals surface area contributed by atoms with Crippen molar-refractivity contribution in [1.29, 1.82) is 0 Å². The number of carbonyl (C=O) groups is 1. The Morgan fingerprint density at radius 3 is 2.61 bits per heavy atom. The lowest BCUT2D eigenvalue weighted by Crippen LogP contribution is -2.50. The Morgan fingerprint density at radius 2 is 1.91 bits per heavy atom. The van der Waals surface area contributed by atoms with Gasteiger partial charge in [-0.05, 0) is 88.4 Å². The summed E-state index contributed by atoms with van der Waals surface area (Å²) < 4.78 is 6.35. The first-order valence-corrected chi connectivity index (χ1v) is 10.1. The van der Waals surface area contributed by atoms with Gasteiger partial charge in [-0.2, -0.15) is 0 Å². The van der Waals surface area contributed by atoms with Crippen LogP contribution in [-0.4, -0.2) is 11.6 Å². The highest BCUT2D eigenvalue weighted by Gasteiger charge is 2.65. The molecule has 0 saturated heterocycles. The van der Waals surface area contributed by atoms with E-state index in [1.54, 1.807) is 0 Å². The van der Waals surface area contributed by atoms with Crippen LogP contribution >= 0.6 is 0 Å². The second-order valence-electron chi connectivity index (χ2n) is 9.77. The van der Waals surface area contributed by atoms with E-state index in [-0.39, 0.29) is 17.0 Å². The first kappa shape index (κ1) is 16.0. The average Bonchev–Trinajstić information content (AvgIpc) is 3.20. The van der Waals surface area contributed by atoms with Crippen LogP contribution in [0.3, 0.4) is 0 Å². The van der Waals surface area contributed by atoms with Crippen molar-refractivity contribution in [1.82, 2.24) is 0 Å². The molecule has 0 aliphatic heterocycles. The Morgan fingerprint density at radius 1 is 1.13 bits per heavy atom. The van der Waals surface area contributed by atoms with Gasteiger partial charge in [0.1, 0.15) is 5.60 Å². The third-order valence-corrected chi connectivity index (χ3v) is 8.47. The summed E-state index contributed by atoms with van der Waals surface area (Å²) in [6, 6.07) is 0. The van der Waals surface area contributed by atoms with Crippen LogP contribution in [0.1, 0.15) is 79.1 Å². The number of rotatable bonds is 4. The maximum Gasteiger partial charge on any atom is 0.312 e. The molecule has 0 aromatic heterocycles. The predicted octanol–water partition coefficient (Wildman–Crippen LogP) is 5.21. The molecule has 4 aliphatic rings. The molecule has 0 heterocycles. The molecule has 0 spiro atoms. The van der Waals surface area contributed by atoms with E-state index >= 15 is 0 Å². The summed E-state index contributed by atoms with van der Waals surface area (Å²) in [5.74, 6) is 5.34. The van der Waals surface area contributed by atoms with E-state index in [2.05, 4.69) is 13.8 Å². The monoisotopic (exact) mass is 318 g/mol. The molecule has 2 heteroatoms. The van der Waals surface area contributed by atoms with Crippen molar-refractivity contribution >= 4 is 5.97 Å². The highest BCUT2D eigenvalue weighted by Crippen LogP contribution is 2.67. The fourth-order valence-electron chi connectivity index (χ4n) is 6.82. The van der Waals surface area contributed by atoms with E-state index in [1.165, 1.54) is 32.1 Å². The van der Waals surface area contributed by atoms with Gasteiger partial charge < -0.3 is 4.74 Å².